The third kappa shape index (κ3) is 3.85. The van der Waals surface area contributed by atoms with E-state index in [9.17, 15) is 8.42 Å². The van der Waals surface area contributed by atoms with Crippen LogP contribution in [0.15, 0.2) is 35.5 Å². The Labute approximate surface area is 135 Å². The molecule has 0 aliphatic heterocycles. The molecule has 0 fully saturated rings. The highest BCUT2D eigenvalue weighted by Crippen LogP contribution is 2.23. The summed E-state index contributed by atoms with van der Waals surface area (Å²) in [5.74, 6) is 0.0958. The summed E-state index contributed by atoms with van der Waals surface area (Å²) in [5, 5.41) is 8.05. The first-order chi connectivity index (χ1) is 10.3. The lowest BCUT2D eigenvalue weighted by Gasteiger charge is -2.22. The number of hydrogen-bond acceptors (Lipinski definition) is 4. The van der Waals surface area contributed by atoms with Crippen LogP contribution in [0.4, 0.5) is 0 Å². The minimum absolute atomic E-state index is 0.0958. The molecule has 1 N–H and O–H groups in total. The largest absolute Gasteiger partial charge is 0.251 e. The van der Waals surface area contributed by atoms with Crippen LogP contribution in [0.1, 0.15) is 19.4 Å². The second-order valence-electron chi connectivity index (χ2n) is 5.46. The number of aromatic nitrogens is 3. The molecule has 1 aromatic carbocycles. The highest BCUT2D eigenvalue weighted by atomic mass is 35.5. The quantitative estimate of drug-likeness (QED) is 0.873. The summed E-state index contributed by atoms with van der Waals surface area (Å²) in [7, 11) is -3.66. The predicted octanol–water partition coefficient (Wildman–Crippen LogP) is 2.24. The van der Waals surface area contributed by atoms with Gasteiger partial charge in [0.25, 0.3) is 0 Å². The Balaban J connectivity index is 2.26. The average molecular weight is 343 g/mol. The van der Waals surface area contributed by atoms with E-state index in [0.29, 0.717) is 17.1 Å². The molecule has 0 saturated carbocycles. The second kappa shape index (κ2) is 6.76. The van der Waals surface area contributed by atoms with E-state index in [2.05, 4.69) is 15.0 Å². The van der Waals surface area contributed by atoms with Gasteiger partial charge in [0.2, 0.25) is 10.0 Å². The molecule has 22 heavy (non-hydrogen) atoms. The van der Waals surface area contributed by atoms with E-state index < -0.39 is 10.0 Å². The molecule has 1 aromatic heterocycles. The Hall–Kier alpha value is -1.44. The van der Waals surface area contributed by atoms with Gasteiger partial charge in [-0.3, -0.25) is 4.68 Å². The molecule has 0 spiro atoms. The van der Waals surface area contributed by atoms with Crippen LogP contribution in [0.2, 0.25) is 5.02 Å². The predicted molar refractivity (Wildman–Crippen MR) is 85.2 cm³/mol. The van der Waals surface area contributed by atoms with Crippen molar-refractivity contribution in [2.24, 2.45) is 5.92 Å². The van der Waals surface area contributed by atoms with Gasteiger partial charge in [-0.2, -0.15) is 0 Å². The van der Waals surface area contributed by atoms with Gasteiger partial charge >= 0.3 is 0 Å². The number of halogens is 1. The van der Waals surface area contributed by atoms with Gasteiger partial charge in [0.15, 0.2) is 0 Å². The van der Waals surface area contributed by atoms with Gasteiger partial charge in [0.05, 0.1) is 17.6 Å². The van der Waals surface area contributed by atoms with E-state index in [1.54, 1.807) is 42.2 Å². The molecule has 0 radical (unpaired) electrons. The van der Waals surface area contributed by atoms with Crippen molar-refractivity contribution in [1.82, 2.24) is 19.7 Å². The molecular formula is C14H19ClN4O2S. The monoisotopic (exact) mass is 342 g/mol. The van der Waals surface area contributed by atoms with Crippen LogP contribution in [0.25, 0.3) is 0 Å². The second-order valence-corrected chi connectivity index (χ2v) is 7.55. The highest BCUT2D eigenvalue weighted by Gasteiger charge is 2.25. The van der Waals surface area contributed by atoms with Gasteiger partial charge in [-0.15, -0.1) is 5.10 Å². The first-order valence-corrected chi connectivity index (χ1v) is 8.79. The van der Waals surface area contributed by atoms with Gasteiger partial charge in [-0.1, -0.05) is 36.7 Å². The van der Waals surface area contributed by atoms with Crippen molar-refractivity contribution in [3.8, 4) is 0 Å². The van der Waals surface area contributed by atoms with Crippen LogP contribution in [-0.2, 0) is 16.6 Å². The lowest BCUT2D eigenvalue weighted by molar-refractivity contribution is 0.378. The number of hydrogen-bond donors (Lipinski definition) is 1. The summed E-state index contributed by atoms with van der Waals surface area (Å²) >= 11 is 6.02. The molecule has 1 atom stereocenters. The van der Waals surface area contributed by atoms with Crippen LogP contribution >= 0.6 is 11.6 Å². The third-order valence-electron chi connectivity index (χ3n) is 3.47. The number of benzene rings is 1. The van der Waals surface area contributed by atoms with Crippen LogP contribution in [0.5, 0.6) is 0 Å². The van der Waals surface area contributed by atoms with Crippen molar-refractivity contribution in [3.05, 3.63) is 41.2 Å². The Morgan fingerprint density at radius 3 is 2.68 bits per heavy atom. The van der Waals surface area contributed by atoms with E-state index in [1.165, 1.54) is 0 Å². The van der Waals surface area contributed by atoms with E-state index in [4.69, 9.17) is 11.6 Å². The smallest absolute Gasteiger partial charge is 0.241 e. The minimum Gasteiger partial charge on any atom is -0.251 e. The molecular weight excluding hydrogens is 324 g/mol. The first kappa shape index (κ1) is 16.9. The summed E-state index contributed by atoms with van der Waals surface area (Å²) in [6.45, 7) is 6.01. The molecule has 2 aromatic rings. The highest BCUT2D eigenvalue weighted by molar-refractivity contribution is 7.89. The minimum atomic E-state index is -3.66. The molecule has 0 bridgehead atoms. The zero-order valence-corrected chi connectivity index (χ0v) is 14.3. The lowest BCUT2D eigenvalue weighted by Crippen LogP contribution is -2.41. The summed E-state index contributed by atoms with van der Waals surface area (Å²) in [4.78, 5) is 0.198. The summed E-state index contributed by atoms with van der Waals surface area (Å²) in [6.07, 6.45) is 3.27. The Kier molecular flexibility index (Phi) is 5.20. The van der Waals surface area contributed by atoms with E-state index in [1.807, 2.05) is 13.8 Å². The van der Waals surface area contributed by atoms with Crippen LogP contribution in [0, 0.1) is 12.8 Å². The molecule has 0 unspecified atom stereocenters. The summed E-state index contributed by atoms with van der Waals surface area (Å²) in [5.41, 5.74) is 0.542. The van der Waals surface area contributed by atoms with Crippen LogP contribution < -0.4 is 4.72 Å². The van der Waals surface area contributed by atoms with Gasteiger partial charge in [-0.05, 0) is 30.5 Å². The fraction of sp³-hybridized carbons (Fsp3) is 0.429. The van der Waals surface area contributed by atoms with Crippen LogP contribution in [0.3, 0.4) is 0 Å². The number of rotatable bonds is 6. The molecule has 2 rings (SSSR count). The van der Waals surface area contributed by atoms with E-state index in [0.717, 1.165) is 0 Å². The molecule has 0 aliphatic rings. The van der Waals surface area contributed by atoms with Crippen molar-refractivity contribution in [3.63, 3.8) is 0 Å². The maximum atomic E-state index is 12.6. The molecule has 0 amide bonds. The molecule has 120 valence electrons. The van der Waals surface area contributed by atoms with Crippen molar-refractivity contribution in [2.75, 3.05) is 0 Å². The Morgan fingerprint density at radius 2 is 2.09 bits per heavy atom. The molecule has 0 saturated heterocycles. The zero-order valence-electron chi connectivity index (χ0n) is 12.7. The lowest BCUT2D eigenvalue weighted by atomic mass is 10.1. The fourth-order valence-electron chi connectivity index (χ4n) is 2.06. The average Bonchev–Trinajstić information content (AvgIpc) is 2.93. The number of sulfonamides is 1. The number of nitrogens with zero attached hydrogens (tertiary/aromatic N) is 3. The molecule has 1 heterocycles. The van der Waals surface area contributed by atoms with Gasteiger partial charge < -0.3 is 0 Å². The maximum absolute atomic E-state index is 12.6. The molecule has 0 aliphatic carbocycles. The van der Waals surface area contributed by atoms with Crippen molar-refractivity contribution < 1.29 is 8.42 Å². The standard InChI is InChI=1S/C14H19ClN4O2S/c1-10(2)13(9-19-8-7-16-18-19)17-22(20,21)14-6-4-5-12(15)11(14)3/h4-8,10,13,17H,9H2,1-3H3/t13-/m1/s1. The summed E-state index contributed by atoms with van der Waals surface area (Å²) in [6, 6.07) is 4.55. The van der Waals surface area contributed by atoms with Crippen molar-refractivity contribution in [2.45, 2.75) is 38.3 Å². The number of nitrogens with one attached hydrogen (secondary N) is 1. The topological polar surface area (TPSA) is 76.9 Å². The normalized spacial score (nSPS) is 13.5. The van der Waals surface area contributed by atoms with E-state index >= 15 is 0 Å². The van der Waals surface area contributed by atoms with Crippen molar-refractivity contribution >= 4 is 21.6 Å². The Bertz CT molecular complexity index is 729. The maximum Gasteiger partial charge on any atom is 0.241 e. The third-order valence-corrected chi connectivity index (χ3v) is 5.52. The zero-order chi connectivity index (χ0) is 16.3. The van der Waals surface area contributed by atoms with Crippen LogP contribution in [-0.4, -0.2) is 29.5 Å². The molecule has 6 nitrogen and oxygen atoms in total. The fourth-order valence-corrected chi connectivity index (χ4v) is 3.93. The van der Waals surface area contributed by atoms with Crippen molar-refractivity contribution in [1.29, 1.82) is 0 Å². The Morgan fingerprint density at radius 1 is 1.36 bits per heavy atom. The van der Waals surface area contributed by atoms with Gasteiger partial charge in [-0.25, -0.2) is 13.1 Å². The van der Waals surface area contributed by atoms with E-state index in [-0.39, 0.29) is 16.9 Å². The SMILES string of the molecule is Cc1c(Cl)cccc1S(=O)(=O)N[C@H](Cn1ccnn1)C(C)C. The first-order valence-electron chi connectivity index (χ1n) is 6.93. The molecule has 8 heteroatoms. The van der Waals surface area contributed by atoms with Gasteiger partial charge in [0.1, 0.15) is 0 Å². The summed E-state index contributed by atoms with van der Waals surface area (Å²) < 4.78 is 29.6. The van der Waals surface area contributed by atoms with Gasteiger partial charge in [0, 0.05) is 17.3 Å².